The first-order valence-electron chi connectivity index (χ1n) is 12.5. The fourth-order valence-corrected chi connectivity index (χ4v) is 4.67. The Morgan fingerprint density at radius 2 is 0.800 bits per heavy atom. The molecule has 0 bridgehead atoms. The van der Waals surface area contributed by atoms with Crippen molar-refractivity contribution in [1.82, 2.24) is 0 Å². The van der Waals surface area contributed by atoms with Crippen LogP contribution in [-0.4, -0.2) is 12.4 Å². The van der Waals surface area contributed by atoms with E-state index in [-0.39, 0.29) is 17.1 Å². The molecule has 0 atom stereocenters. The van der Waals surface area contributed by atoms with Gasteiger partial charge in [-0.05, 0) is 122 Å². The van der Waals surface area contributed by atoms with Crippen LogP contribution in [0.3, 0.4) is 0 Å². The molecule has 0 aliphatic heterocycles. The molecule has 210 valence electrons. The monoisotopic (exact) mass is 558 g/mol. The zero-order valence-electron chi connectivity index (χ0n) is 22.6. The van der Waals surface area contributed by atoms with Crippen molar-refractivity contribution in [1.29, 1.82) is 0 Å². The van der Waals surface area contributed by atoms with Crippen LogP contribution >= 0.6 is 0 Å². The molecule has 0 heterocycles. The largest absolute Gasteiger partial charge is 0.457 e. The number of rotatable bonds is 6. The van der Waals surface area contributed by atoms with Crippen molar-refractivity contribution in [2.45, 2.75) is 52.4 Å². The van der Waals surface area contributed by atoms with E-state index in [4.69, 9.17) is 9.47 Å². The zero-order valence-corrected chi connectivity index (χ0v) is 22.6. The standard InChI is InChI=1S/C32H28F6O2/c1-19-6-10-26(16-21(19)3)39-25-12-8-24(9-13-25)30(31(33,34)35,32(36,37)38)29-15-14-28(18-23(29)5)40-27-11-7-20(2)22(4)17-27/h6-18H,1-5H3. The lowest BCUT2D eigenvalue weighted by Gasteiger charge is -2.39. The van der Waals surface area contributed by atoms with E-state index < -0.39 is 28.9 Å². The number of alkyl halides is 6. The molecule has 0 aliphatic carbocycles. The summed E-state index contributed by atoms with van der Waals surface area (Å²) in [6, 6.07) is 17.5. The molecule has 4 rings (SSSR count). The summed E-state index contributed by atoms with van der Waals surface area (Å²) in [6.45, 7) is 8.77. The molecular formula is C32H28F6O2. The average molecular weight is 559 g/mol. The number of benzene rings is 4. The molecule has 4 aromatic carbocycles. The van der Waals surface area contributed by atoms with Crippen LogP contribution in [-0.2, 0) is 5.41 Å². The molecule has 0 unspecified atom stereocenters. The molecule has 0 fully saturated rings. The summed E-state index contributed by atoms with van der Waals surface area (Å²) in [5.41, 5.74) is -2.48. The van der Waals surface area contributed by atoms with Gasteiger partial charge in [0, 0.05) is 0 Å². The van der Waals surface area contributed by atoms with Gasteiger partial charge in [-0.25, -0.2) is 0 Å². The second kappa shape index (κ2) is 10.6. The lowest BCUT2D eigenvalue weighted by Crippen LogP contribution is -2.55. The normalized spacial score (nSPS) is 12.4. The highest BCUT2D eigenvalue weighted by molar-refractivity contribution is 5.51. The maximum absolute atomic E-state index is 14.7. The smallest absolute Gasteiger partial charge is 0.411 e. The number of hydrogen-bond donors (Lipinski definition) is 0. The molecule has 0 N–H and O–H groups in total. The third-order valence-electron chi connectivity index (χ3n) is 7.17. The van der Waals surface area contributed by atoms with Gasteiger partial charge in [0.15, 0.2) is 0 Å². The Kier molecular flexibility index (Phi) is 7.67. The van der Waals surface area contributed by atoms with Crippen molar-refractivity contribution < 1.29 is 35.8 Å². The van der Waals surface area contributed by atoms with Crippen molar-refractivity contribution in [3.8, 4) is 23.0 Å². The lowest BCUT2D eigenvalue weighted by atomic mass is 9.71. The maximum Gasteiger partial charge on any atom is 0.411 e. The lowest BCUT2D eigenvalue weighted by molar-refractivity contribution is -0.288. The van der Waals surface area contributed by atoms with Gasteiger partial charge in [-0.15, -0.1) is 0 Å². The van der Waals surface area contributed by atoms with Crippen LogP contribution in [0.15, 0.2) is 78.9 Å². The van der Waals surface area contributed by atoms with Crippen molar-refractivity contribution >= 4 is 0 Å². The SMILES string of the molecule is Cc1ccc(Oc2ccc(C(c3ccc(Oc4ccc(C)c(C)c4)cc3C)(C(F)(F)F)C(F)(F)F)cc2)cc1C. The molecule has 0 saturated heterocycles. The Bertz CT molecular complexity index is 1500. The van der Waals surface area contributed by atoms with Gasteiger partial charge in [0.2, 0.25) is 5.41 Å². The fraction of sp³-hybridized carbons (Fsp3) is 0.250. The van der Waals surface area contributed by atoms with Gasteiger partial charge in [-0.3, -0.25) is 0 Å². The first-order chi connectivity index (χ1) is 18.6. The van der Waals surface area contributed by atoms with Crippen LogP contribution in [0.1, 0.15) is 38.9 Å². The van der Waals surface area contributed by atoms with Crippen molar-refractivity contribution in [3.63, 3.8) is 0 Å². The van der Waals surface area contributed by atoms with E-state index in [1.165, 1.54) is 13.0 Å². The molecule has 2 nitrogen and oxygen atoms in total. The van der Waals surface area contributed by atoms with E-state index in [0.717, 1.165) is 58.7 Å². The molecule has 4 aromatic rings. The number of ether oxygens (including phenoxy) is 2. The van der Waals surface area contributed by atoms with Crippen LogP contribution in [0.25, 0.3) is 0 Å². The third kappa shape index (κ3) is 5.40. The molecule has 0 radical (unpaired) electrons. The Balaban J connectivity index is 1.76. The van der Waals surface area contributed by atoms with Gasteiger partial charge >= 0.3 is 12.4 Å². The van der Waals surface area contributed by atoms with Gasteiger partial charge in [0.1, 0.15) is 23.0 Å². The first kappa shape index (κ1) is 29.1. The molecule has 8 heteroatoms. The molecule has 0 aliphatic rings. The fourth-order valence-electron chi connectivity index (χ4n) is 4.67. The van der Waals surface area contributed by atoms with Gasteiger partial charge < -0.3 is 9.47 Å². The zero-order chi connectivity index (χ0) is 29.5. The van der Waals surface area contributed by atoms with E-state index >= 15 is 0 Å². The summed E-state index contributed by atoms with van der Waals surface area (Å²) in [5, 5.41) is 0. The Morgan fingerprint density at radius 1 is 0.425 bits per heavy atom. The highest BCUT2D eigenvalue weighted by Crippen LogP contribution is 2.57. The van der Waals surface area contributed by atoms with Gasteiger partial charge in [0.25, 0.3) is 0 Å². The third-order valence-corrected chi connectivity index (χ3v) is 7.17. The minimum absolute atomic E-state index is 0.110. The molecular weight excluding hydrogens is 530 g/mol. The van der Waals surface area contributed by atoms with Gasteiger partial charge in [-0.1, -0.05) is 30.3 Å². The minimum atomic E-state index is -5.71. The summed E-state index contributed by atoms with van der Waals surface area (Å²) < 4.78 is 99.6. The van der Waals surface area contributed by atoms with E-state index in [2.05, 4.69) is 0 Å². The van der Waals surface area contributed by atoms with Crippen LogP contribution in [0.2, 0.25) is 0 Å². The summed E-state index contributed by atoms with van der Waals surface area (Å²) >= 11 is 0. The van der Waals surface area contributed by atoms with Gasteiger partial charge in [0.05, 0.1) is 0 Å². The van der Waals surface area contributed by atoms with E-state index in [1.807, 2.05) is 39.8 Å². The maximum atomic E-state index is 14.7. The quantitative estimate of drug-likeness (QED) is 0.219. The number of hydrogen-bond acceptors (Lipinski definition) is 2. The molecule has 0 amide bonds. The topological polar surface area (TPSA) is 18.5 Å². The van der Waals surface area contributed by atoms with E-state index in [1.54, 1.807) is 24.3 Å². The average Bonchev–Trinajstić information content (AvgIpc) is 2.85. The van der Waals surface area contributed by atoms with Crippen molar-refractivity contribution in [2.24, 2.45) is 0 Å². The number of aryl methyl sites for hydroxylation is 5. The Hall–Kier alpha value is -3.94. The highest BCUT2D eigenvalue weighted by atomic mass is 19.4. The van der Waals surface area contributed by atoms with E-state index in [9.17, 15) is 26.3 Å². The summed E-state index contributed by atoms with van der Waals surface area (Å²) in [6.07, 6.45) is -11.4. The number of halogens is 6. The molecule has 40 heavy (non-hydrogen) atoms. The Labute approximate surface area is 229 Å². The van der Waals surface area contributed by atoms with Crippen LogP contribution in [0.4, 0.5) is 26.3 Å². The second-order valence-corrected chi connectivity index (χ2v) is 9.94. The predicted octanol–water partition coefficient (Wildman–Crippen LogP) is 10.2. The van der Waals surface area contributed by atoms with Gasteiger partial charge in [-0.2, -0.15) is 26.3 Å². The van der Waals surface area contributed by atoms with E-state index in [0.29, 0.717) is 11.5 Å². The summed E-state index contributed by atoms with van der Waals surface area (Å²) in [7, 11) is 0. The highest BCUT2D eigenvalue weighted by Gasteiger charge is 2.72. The first-order valence-corrected chi connectivity index (χ1v) is 12.5. The minimum Gasteiger partial charge on any atom is -0.457 e. The van der Waals surface area contributed by atoms with Crippen LogP contribution in [0, 0.1) is 34.6 Å². The van der Waals surface area contributed by atoms with Crippen molar-refractivity contribution in [2.75, 3.05) is 0 Å². The summed E-state index contributed by atoms with van der Waals surface area (Å²) in [4.78, 5) is 0. The van der Waals surface area contributed by atoms with Crippen LogP contribution < -0.4 is 9.47 Å². The molecule has 0 saturated carbocycles. The van der Waals surface area contributed by atoms with Crippen molar-refractivity contribution in [3.05, 3.63) is 118 Å². The summed E-state index contributed by atoms with van der Waals surface area (Å²) in [5.74, 6) is 1.08. The Morgan fingerprint density at radius 3 is 1.20 bits per heavy atom. The molecule has 0 aromatic heterocycles. The van der Waals surface area contributed by atoms with Crippen LogP contribution in [0.5, 0.6) is 23.0 Å². The molecule has 0 spiro atoms. The second-order valence-electron chi connectivity index (χ2n) is 9.94. The predicted molar refractivity (Wildman–Crippen MR) is 142 cm³/mol.